The summed E-state index contributed by atoms with van der Waals surface area (Å²) < 4.78 is 21.9. The van der Waals surface area contributed by atoms with Crippen molar-refractivity contribution < 1.29 is 38.5 Å². The first-order valence-electron chi connectivity index (χ1n) is 21.4. The van der Waals surface area contributed by atoms with Gasteiger partial charge in [-0.3, -0.25) is 39.2 Å². The number of halogens is 1. The zero-order valence-electron chi connectivity index (χ0n) is 34.2. The second-order valence-electron chi connectivity index (χ2n) is 16.9. The summed E-state index contributed by atoms with van der Waals surface area (Å²) >= 11 is 0. The SMILES string of the molecule is CCC(=C(c1ccc(O)cc1)c1ccc(OCCN2CCC(CN3CC4CC(C3)N4c3cc4c(cc3F)C(=O)N(C3CCC(=O)NC3=O)C4=O)CC2)cc1)c1ccc(O)cc1. The summed E-state index contributed by atoms with van der Waals surface area (Å²) in [6, 6.07) is 24.4. The molecule has 10 rings (SSSR count). The van der Waals surface area contributed by atoms with E-state index < -0.39 is 35.5 Å². The lowest BCUT2D eigenvalue weighted by Crippen LogP contribution is -2.69. The lowest BCUT2D eigenvalue weighted by atomic mass is 9.85. The number of carbonyl (C=O) groups excluding carboxylic acids is 4. The highest BCUT2D eigenvalue weighted by Gasteiger charge is 2.49. The number of allylic oxidation sites excluding steroid dienone is 1. The molecule has 0 aromatic heterocycles. The number of piperazine rings is 1. The van der Waals surface area contributed by atoms with Crippen LogP contribution in [-0.2, 0) is 9.59 Å². The van der Waals surface area contributed by atoms with Gasteiger partial charge in [0, 0.05) is 44.7 Å². The number of hydrogen-bond donors (Lipinski definition) is 3. The fraction of sp³-hybridized carbons (Fsp3) is 0.375. The van der Waals surface area contributed by atoms with Gasteiger partial charge in [-0.25, -0.2) is 4.39 Å². The van der Waals surface area contributed by atoms with Gasteiger partial charge in [-0.15, -0.1) is 0 Å². The lowest BCUT2D eigenvalue weighted by Gasteiger charge is -2.58. The lowest BCUT2D eigenvalue weighted by molar-refractivity contribution is -0.136. The number of benzene rings is 4. The Morgan fingerprint density at radius 2 is 1.36 bits per heavy atom. The van der Waals surface area contributed by atoms with Crippen LogP contribution in [0.4, 0.5) is 10.1 Å². The maximum absolute atomic E-state index is 15.6. The van der Waals surface area contributed by atoms with Crippen LogP contribution in [0.5, 0.6) is 17.2 Å². The second kappa shape index (κ2) is 16.8. The average Bonchev–Trinajstić information content (AvgIpc) is 3.49. The van der Waals surface area contributed by atoms with Crippen LogP contribution in [0.15, 0.2) is 84.9 Å². The number of likely N-dealkylation sites (tertiary alicyclic amines) is 1. The second-order valence-corrected chi connectivity index (χ2v) is 16.9. The van der Waals surface area contributed by atoms with E-state index >= 15 is 4.39 Å². The topological polar surface area (TPSA) is 143 Å². The van der Waals surface area contributed by atoms with Gasteiger partial charge in [0.25, 0.3) is 11.8 Å². The van der Waals surface area contributed by atoms with E-state index in [2.05, 4.69) is 39.1 Å². The van der Waals surface area contributed by atoms with Crippen LogP contribution in [0.25, 0.3) is 11.1 Å². The molecule has 3 N–H and O–H groups in total. The summed E-state index contributed by atoms with van der Waals surface area (Å²) in [5, 5.41) is 22.1. The quantitative estimate of drug-likeness (QED) is 0.114. The van der Waals surface area contributed by atoms with Gasteiger partial charge in [-0.1, -0.05) is 43.3 Å². The summed E-state index contributed by atoms with van der Waals surface area (Å²) in [7, 11) is 0. The number of amides is 4. The Hall–Kier alpha value is -6.05. The maximum atomic E-state index is 15.6. The minimum absolute atomic E-state index is 0.0253. The normalized spacial score (nSPS) is 22.5. The van der Waals surface area contributed by atoms with E-state index in [0.717, 1.165) is 110 Å². The molecule has 6 aliphatic rings. The highest BCUT2D eigenvalue weighted by atomic mass is 19.1. The molecule has 2 bridgehead atoms. The number of fused-ring (bicyclic) bond motifs is 3. The van der Waals surface area contributed by atoms with Gasteiger partial charge in [0.15, 0.2) is 0 Å². The Kier molecular flexibility index (Phi) is 11.1. The zero-order valence-corrected chi connectivity index (χ0v) is 34.2. The molecule has 5 fully saturated rings. The first-order chi connectivity index (χ1) is 29.5. The Morgan fingerprint density at radius 3 is 1.97 bits per heavy atom. The third-order valence-corrected chi connectivity index (χ3v) is 13.1. The molecule has 0 spiro atoms. The van der Waals surface area contributed by atoms with Gasteiger partial charge >= 0.3 is 0 Å². The van der Waals surface area contributed by atoms with E-state index in [9.17, 15) is 29.4 Å². The van der Waals surface area contributed by atoms with E-state index in [4.69, 9.17) is 4.74 Å². The Balaban J connectivity index is 0.755. The third-order valence-electron chi connectivity index (χ3n) is 13.1. The molecule has 3 unspecified atom stereocenters. The van der Waals surface area contributed by atoms with Crippen molar-refractivity contribution >= 4 is 40.5 Å². The number of ether oxygens (including phenoxy) is 1. The largest absolute Gasteiger partial charge is 0.508 e. The average molecular weight is 828 g/mol. The highest BCUT2D eigenvalue weighted by Crippen LogP contribution is 2.42. The van der Waals surface area contributed by atoms with E-state index in [1.54, 1.807) is 24.3 Å². The molecular weight excluding hydrogens is 778 g/mol. The number of nitrogens with one attached hydrogen (secondary N) is 1. The van der Waals surface area contributed by atoms with Crippen LogP contribution in [0.3, 0.4) is 0 Å². The molecule has 0 aliphatic carbocycles. The molecule has 0 radical (unpaired) electrons. The maximum Gasteiger partial charge on any atom is 0.262 e. The van der Waals surface area contributed by atoms with E-state index in [0.29, 0.717) is 18.2 Å². The summed E-state index contributed by atoms with van der Waals surface area (Å²) in [4.78, 5) is 58.6. The Bertz CT molecular complexity index is 2360. The van der Waals surface area contributed by atoms with Crippen molar-refractivity contribution in [3.8, 4) is 17.2 Å². The molecule has 4 amide bonds. The molecule has 4 aromatic rings. The fourth-order valence-corrected chi connectivity index (χ4v) is 10.0. The van der Waals surface area contributed by atoms with Crippen LogP contribution < -0.4 is 15.0 Å². The molecule has 3 atom stereocenters. The molecule has 4 aromatic carbocycles. The number of phenols is 2. The number of rotatable bonds is 12. The fourth-order valence-electron chi connectivity index (χ4n) is 10.0. The van der Waals surface area contributed by atoms with Gasteiger partial charge in [-0.05, 0) is 127 Å². The number of piperidine rings is 3. The van der Waals surface area contributed by atoms with E-state index in [1.807, 2.05) is 36.4 Å². The van der Waals surface area contributed by atoms with Gasteiger partial charge < -0.3 is 19.8 Å². The van der Waals surface area contributed by atoms with Crippen LogP contribution in [0.1, 0.15) is 82.9 Å². The third kappa shape index (κ3) is 7.99. The van der Waals surface area contributed by atoms with E-state index in [1.165, 1.54) is 6.07 Å². The van der Waals surface area contributed by atoms with Gasteiger partial charge in [-0.2, -0.15) is 0 Å². The molecular formula is C48H50FN5O7. The Labute approximate surface area is 354 Å². The van der Waals surface area contributed by atoms with Crippen LogP contribution in [0, 0.1) is 11.7 Å². The molecule has 0 saturated carbocycles. The van der Waals surface area contributed by atoms with Crippen LogP contribution in [-0.4, -0.2) is 113 Å². The summed E-state index contributed by atoms with van der Waals surface area (Å²) in [6.45, 7) is 8.13. The predicted octanol–water partition coefficient (Wildman–Crippen LogP) is 6.06. The number of imide groups is 2. The van der Waals surface area contributed by atoms with Crippen molar-refractivity contribution in [1.29, 1.82) is 0 Å². The number of aromatic hydroxyl groups is 2. The summed E-state index contributed by atoms with van der Waals surface area (Å²) in [6.07, 6.45) is 3.98. The standard InChI is InChI=1S/C48H50FN5O7/c1-2-38(30-3-9-35(55)10-4-30)45(31-5-11-36(56)12-6-31)32-7-13-37(14-8-32)61-22-21-51-19-17-29(18-20-51)26-52-27-33-23-34(28-52)53(33)43-25-40-39(24-41(43)49)47(59)54(48(40)60)42-15-16-44(57)50-46(42)58/h3-14,24-25,29,33-34,42,55-56H,2,15-23,26-28H2,1H3,(H,50,57,58). The predicted molar refractivity (Wildman–Crippen MR) is 228 cm³/mol. The summed E-state index contributed by atoms with van der Waals surface area (Å²) in [5.41, 5.74) is 5.63. The minimum atomic E-state index is -1.09. The number of nitrogens with zero attached hydrogens (tertiary/aromatic N) is 4. The summed E-state index contributed by atoms with van der Waals surface area (Å²) in [5.74, 6) is -1.21. The molecule has 12 nitrogen and oxygen atoms in total. The molecule has 316 valence electrons. The molecule has 5 saturated heterocycles. The van der Waals surface area contributed by atoms with Crippen LogP contribution >= 0.6 is 0 Å². The molecule has 6 heterocycles. The van der Waals surface area contributed by atoms with Crippen molar-refractivity contribution in [2.75, 3.05) is 50.8 Å². The zero-order chi connectivity index (χ0) is 42.4. The minimum Gasteiger partial charge on any atom is -0.508 e. The molecule has 13 heteroatoms. The first kappa shape index (κ1) is 40.4. The smallest absolute Gasteiger partial charge is 0.262 e. The van der Waals surface area contributed by atoms with E-state index in [-0.39, 0.29) is 47.6 Å². The van der Waals surface area contributed by atoms with Crippen LogP contribution in [0.2, 0.25) is 0 Å². The molecule has 61 heavy (non-hydrogen) atoms. The van der Waals surface area contributed by atoms with Crippen molar-refractivity contribution in [2.45, 2.75) is 63.6 Å². The van der Waals surface area contributed by atoms with Gasteiger partial charge in [0.05, 0.1) is 16.8 Å². The van der Waals surface area contributed by atoms with Crippen molar-refractivity contribution in [1.82, 2.24) is 20.0 Å². The number of carbonyl (C=O) groups is 4. The highest BCUT2D eigenvalue weighted by molar-refractivity contribution is 6.23. The van der Waals surface area contributed by atoms with Crippen molar-refractivity contribution in [3.05, 3.63) is 119 Å². The Morgan fingerprint density at radius 1 is 0.770 bits per heavy atom. The first-order valence-corrected chi connectivity index (χ1v) is 21.4. The number of hydrogen-bond acceptors (Lipinski definition) is 10. The van der Waals surface area contributed by atoms with Crippen molar-refractivity contribution in [2.24, 2.45) is 5.92 Å². The number of anilines is 1. The number of phenolic OH excluding ortho intramolecular Hbond substituents is 2. The van der Waals surface area contributed by atoms with Gasteiger partial charge in [0.2, 0.25) is 11.8 Å². The van der Waals surface area contributed by atoms with Crippen molar-refractivity contribution in [3.63, 3.8) is 0 Å². The molecule has 6 aliphatic heterocycles. The monoisotopic (exact) mass is 827 g/mol. The van der Waals surface area contributed by atoms with Gasteiger partial charge in [0.1, 0.15) is 35.7 Å².